The summed E-state index contributed by atoms with van der Waals surface area (Å²) in [6, 6.07) is 3.95. The van der Waals surface area contributed by atoms with E-state index < -0.39 is 17.8 Å². The standard InChI is InChI=1S/C14H15FN2O4/c15-12-9-10(3-1-2-7-18)4-5-11(12)13(19)17-6-8-21-14(16)20/h4-5,9,18H,2,6-8H2,(H2,16,20)(H,17,19). The van der Waals surface area contributed by atoms with Gasteiger partial charge in [-0.05, 0) is 18.2 Å². The maximum absolute atomic E-state index is 13.8. The Balaban J connectivity index is 2.61. The second kappa shape index (κ2) is 8.55. The van der Waals surface area contributed by atoms with Gasteiger partial charge in [0.05, 0.1) is 18.7 Å². The third kappa shape index (κ3) is 5.93. The third-order valence-corrected chi connectivity index (χ3v) is 2.32. The molecule has 0 heterocycles. The molecule has 0 fully saturated rings. The summed E-state index contributed by atoms with van der Waals surface area (Å²) in [7, 11) is 0. The summed E-state index contributed by atoms with van der Waals surface area (Å²) < 4.78 is 18.2. The Morgan fingerprint density at radius 2 is 2.19 bits per heavy atom. The Hall–Kier alpha value is -2.59. The number of carbonyl (C=O) groups excluding carboxylic acids is 2. The minimum absolute atomic E-state index is 0.0271. The second-order valence-corrected chi connectivity index (χ2v) is 3.89. The Morgan fingerprint density at radius 1 is 1.43 bits per heavy atom. The molecule has 0 aromatic heterocycles. The van der Waals surface area contributed by atoms with Crippen LogP contribution in [-0.4, -0.2) is 36.9 Å². The number of primary amides is 1. The maximum atomic E-state index is 13.8. The molecule has 0 aliphatic rings. The van der Waals surface area contributed by atoms with Gasteiger partial charge in [0.25, 0.3) is 5.91 Å². The van der Waals surface area contributed by atoms with Crippen LogP contribution in [0, 0.1) is 17.7 Å². The van der Waals surface area contributed by atoms with Crippen LogP contribution in [0.25, 0.3) is 0 Å². The highest BCUT2D eigenvalue weighted by Crippen LogP contribution is 2.09. The lowest BCUT2D eigenvalue weighted by Gasteiger charge is -2.06. The fourth-order valence-corrected chi connectivity index (χ4v) is 1.41. The quantitative estimate of drug-likeness (QED) is 0.540. The van der Waals surface area contributed by atoms with Crippen LogP contribution in [0.3, 0.4) is 0 Å². The lowest BCUT2D eigenvalue weighted by Crippen LogP contribution is -2.29. The molecule has 1 rings (SSSR count). The number of hydrogen-bond acceptors (Lipinski definition) is 4. The van der Waals surface area contributed by atoms with Crippen LogP contribution < -0.4 is 11.1 Å². The van der Waals surface area contributed by atoms with Crippen molar-refractivity contribution in [2.45, 2.75) is 6.42 Å². The van der Waals surface area contributed by atoms with E-state index in [1.807, 2.05) is 0 Å². The zero-order valence-electron chi connectivity index (χ0n) is 11.2. The maximum Gasteiger partial charge on any atom is 0.404 e. The minimum Gasteiger partial charge on any atom is -0.448 e. The van der Waals surface area contributed by atoms with Gasteiger partial charge in [0.2, 0.25) is 0 Å². The Morgan fingerprint density at radius 3 is 2.81 bits per heavy atom. The van der Waals surface area contributed by atoms with Crippen LogP contribution in [0.5, 0.6) is 0 Å². The minimum atomic E-state index is -0.943. The molecule has 0 atom stereocenters. The summed E-state index contributed by atoms with van der Waals surface area (Å²) in [6.07, 6.45) is -0.648. The highest BCUT2D eigenvalue weighted by Gasteiger charge is 2.11. The highest BCUT2D eigenvalue weighted by molar-refractivity contribution is 5.94. The lowest BCUT2D eigenvalue weighted by molar-refractivity contribution is 0.0933. The van der Waals surface area contributed by atoms with E-state index in [-0.39, 0.29) is 25.3 Å². The molecular weight excluding hydrogens is 279 g/mol. The van der Waals surface area contributed by atoms with Crippen LogP contribution in [-0.2, 0) is 4.74 Å². The molecule has 0 unspecified atom stereocenters. The number of halogens is 1. The molecule has 112 valence electrons. The zero-order chi connectivity index (χ0) is 15.7. The van der Waals surface area contributed by atoms with E-state index in [2.05, 4.69) is 21.9 Å². The van der Waals surface area contributed by atoms with Gasteiger partial charge in [-0.1, -0.05) is 11.8 Å². The van der Waals surface area contributed by atoms with Crippen molar-refractivity contribution < 1.29 is 23.8 Å². The molecule has 0 aliphatic heterocycles. The number of nitrogens with two attached hydrogens (primary N) is 1. The van der Waals surface area contributed by atoms with Crippen LogP contribution in [0.1, 0.15) is 22.3 Å². The molecular formula is C14H15FN2O4. The van der Waals surface area contributed by atoms with Crippen LogP contribution >= 0.6 is 0 Å². The second-order valence-electron chi connectivity index (χ2n) is 3.89. The predicted molar refractivity (Wildman–Crippen MR) is 72.8 cm³/mol. The van der Waals surface area contributed by atoms with E-state index in [0.29, 0.717) is 12.0 Å². The Labute approximate surface area is 121 Å². The van der Waals surface area contributed by atoms with Gasteiger partial charge in [-0.3, -0.25) is 4.79 Å². The van der Waals surface area contributed by atoms with E-state index in [9.17, 15) is 14.0 Å². The van der Waals surface area contributed by atoms with Gasteiger partial charge >= 0.3 is 6.09 Å². The molecule has 0 aliphatic carbocycles. The Bertz CT molecular complexity index is 578. The van der Waals surface area contributed by atoms with Crippen LogP contribution in [0.15, 0.2) is 18.2 Å². The first-order valence-electron chi connectivity index (χ1n) is 6.14. The van der Waals surface area contributed by atoms with Crippen molar-refractivity contribution in [3.63, 3.8) is 0 Å². The number of hydrogen-bond donors (Lipinski definition) is 3. The third-order valence-electron chi connectivity index (χ3n) is 2.32. The predicted octanol–water partition coefficient (Wildman–Crippen LogP) is 0.385. The van der Waals surface area contributed by atoms with Gasteiger partial charge in [-0.15, -0.1) is 0 Å². The first kappa shape index (κ1) is 16.5. The fourth-order valence-electron chi connectivity index (χ4n) is 1.41. The first-order chi connectivity index (χ1) is 10.0. The van der Waals surface area contributed by atoms with Gasteiger partial charge in [0.1, 0.15) is 12.4 Å². The monoisotopic (exact) mass is 294 g/mol. The van der Waals surface area contributed by atoms with Crippen LogP contribution in [0.2, 0.25) is 0 Å². The topological polar surface area (TPSA) is 102 Å². The van der Waals surface area contributed by atoms with Crippen molar-refractivity contribution in [1.82, 2.24) is 5.32 Å². The van der Waals surface area contributed by atoms with Crippen molar-refractivity contribution in [3.05, 3.63) is 35.1 Å². The van der Waals surface area contributed by atoms with E-state index in [1.54, 1.807) is 0 Å². The van der Waals surface area contributed by atoms with Crippen molar-refractivity contribution in [1.29, 1.82) is 0 Å². The molecule has 0 saturated heterocycles. The number of benzene rings is 1. The summed E-state index contributed by atoms with van der Waals surface area (Å²) in [4.78, 5) is 22.0. The normalized spacial score (nSPS) is 9.43. The molecule has 21 heavy (non-hydrogen) atoms. The van der Waals surface area contributed by atoms with Crippen LogP contribution in [0.4, 0.5) is 9.18 Å². The summed E-state index contributed by atoms with van der Waals surface area (Å²) in [5.41, 5.74) is 5.02. The largest absolute Gasteiger partial charge is 0.448 e. The molecule has 6 nitrogen and oxygen atoms in total. The molecule has 2 amide bonds. The van der Waals surface area contributed by atoms with E-state index in [1.165, 1.54) is 12.1 Å². The summed E-state index contributed by atoms with van der Waals surface area (Å²) in [5, 5.41) is 11.0. The van der Waals surface area contributed by atoms with Crippen molar-refractivity contribution >= 4 is 12.0 Å². The average Bonchev–Trinajstić information content (AvgIpc) is 2.43. The van der Waals surface area contributed by atoms with Gasteiger partial charge in [0.15, 0.2) is 0 Å². The number of aliphatic hydroxyl groups is 1. The van der Waals surface area contributed by atoms with Gasteiger partial charge < -0.3 is 20.9 Å². The molecule has 0 saturated carbocycles. The number of ether oxygens (including phenoxy) is 1. The van der Waals surface area contributed by atoms with Crippen molar-refractivity contribution in [2.24, 2.45) is 5.73 Å². The van der Waals surface area contributed by atoms with Gasteiger partial charge in [0, 0.05) is 12.0 Å². The molecule has 0 spiro atoms. The van der Waals surface area contributed by atoms with Crippen molar-refractivity contribution in [3.8, 4) is 11.8 Å². The number of carbonyl (C=O) groups is 2. The molecule has 7 heteroatoms. The number of rotatable bonds is 5. The molecule has 1 aromatic carbocycles. The molecule has 1 aromatic rings. The number of nitrogens with one attached hydrogen (secondary N) is 1. The molecule has 4 N–H and O–H groups in total. The van der Waals surface area contributed by atoms with E-state index >= 15 is 0 Å². The first-order valence-corrected chi connectivity index (χ1v) is 6.14. The molecule has 0 radical (unpaired) electrons. The van der Waals surface area contributed by atoms with E-state index in [4.69, 9.17) is 10.8 Å². The van der Waals surface area contributed by atoms with Gasteiger partial charge in [-0.25, -0.2) is 9.18 Å². The summed E-state index contributed by atoms with van der Waals surface area (Å²) in [5.74, 6) is 3.98. The summed E-state index contributed by atoms with van der Waals surface area (Å²) in [6.45, 7) is -0.129. The SMILES string of the molecule is NC(=O)OCCNC(=O)c1ccc(C#CCCO)cc1F. The van der Waals surface area contributed by atoms with Crippen molar-refractivity contribution in [2.75, 3.05) is 19.8 Å². The number of amides is 2. The smallest absolute Gasteiger partial charge is 0.404 e. The Kier molecular flexibility index (Phi) is 6.71. The number of aliphatic hydroxyl groups excluding tert-OH is 1. The zero-order valence-corrected chi connectivity index (χ0v) is 11.2. The van der Waals surface area contributed by atoms with Gasteiger partial charge in [-0.2, -0.15) is 0 Å². The highest BCUT2D eigenvalue weighted by atomic mass is 19.1. The average molecular weight is 294 g/mol. The van der Waals surface area contributed by atoms with E-state index in [0.717, 1.165) is 6.07 Å². The lowest BCUT2D eigenvalue weighted by atomic mass is 10.1. The molecule has 0 bridgehead atoms. The summed E-state index contributed by atoms with van der Waals surface area (Å²) >= 11 is 0. The fraction of sp³-hybridized carbons (Fsp3) is 0.286.